The summed E-state index contributed by atoms with van der Waals surface area (Å²) in [5, 5.41) is 2.94. The van der Waals surface area contributed by atoms with Crippen molar-refractivity contribution in [1.29, 1.82) is 0 Å². The maximum absolute atomic E-state index is 12.7. The van der Waals surface area contributed by atoms with Crippen molar-refractivity contribution < 1.29 is 9.53 Å². The van der Waals surface area contributed by atoms with E-state index >= 15 is 0 Å². The van der Waals surface area contributed by atoms with Crippen LogP contribution >= 0.6 is 0 Å². The molecule has 142 valence electrons. The van der Waals surface area contributed by atoms with E-state index in [4.69, 9.17) is 4.74 Å². The van der Waals surface area contributed by atoms with Crippen LogP contribution in [0.4, 0.5) is 5.69 Å². The lowest BCUT2D eigenvalue weighted by Gasteiger charge is -2.27. The number of para-hydroxylation sites is 1. The summed E-state index contributed by atoms with van der Waals surface area (Å²) in [5.74, 6) is -0.0743. The number of rotatable bonds is 4. The second kappa shape index (κ2) is 6.93. The maximum Gasteiger partial charge on any atom is 0.249 e. The molecule has 1 fully saturated rings. The third-order valence-corrected chi connectivity index (χ3v) is 5.59. The van der Waals surface area contributed by atoms with E-state index in [9.17, 15) is 4.79 Å². The highest BCUT2D eigenvalue weighted by Crippen LogP contribution is 2.47. The number of benzene rings is 1. The first kappa shape index (κ1) is 17.9. The zero-order valence-electron chi connectivity index (χ0n) is 16.1. The minimum Gasteiger partial charge on any atom is -0.368 e. The molecule has 6 heteroatoms. The molecule has 0 unspecified atom stereocenters. The Hall–Kier alpha value is -2.47. The topological polar surface area (TPSA) is 67.3 Å². The van der Waals surface area contributed by atoms with Gasteiger partial charge in [0, 0.05) is 29.9 Å². The van der Waals surface area contributed by atoms with E-state index in [-0.39, 0.29) is 11.3 Å². The average molecular weight is 366 g/mol. The van der Waals surface area contributed by atoms with E-state index in [1.807, 2.05) is 6.92 Å². The summed E-state index contributed by atoms with van der Waals surface area (Å²) in [5.41, 5.74) is 4.08. The number of nitrogens with one attached hydrogen (secondary N) is 1. The van der Waals surface area contributed by atoms with E-state index < -0.39 is 6.10 Å². The standard InChI is InChI=1S/C21H26N4O2/c1-14(2)25-12-21(17-6-4-5-7-18(17)25)8-19(27-13-21)20(26)24-11-16-10-22-15(3)9-23-16/h4-7,9-10,14,19H,8,11-13H2,1-3H3,(H,24,26)/t19-,21+/m0/s1. The van der Waals surface area contributed by atoms with Crippen molar-refractivity contribution in [2.45, 2.75) is 51.3 Å². The van der Waals surface area contributed by atoms with Crippen LogP contribution in [0.3, 0.4) is 0 Å². The van der Waals surface area contributed by atoms with Crippen molar-refractivity contribution in [2.75, 3.05) is 18.1 Å². The van der Waals surface area contributed by atoms with Gasteiger partial charge in [0.25, 0.3) is 0 Å². The van der Waals surface area contributed by atoms with Crippen LogP contribution in [0.2, 0.25) is 0 Å². The van der Waals surface area contributed by atoms with Crippen LogP contribution in [0, 0.1) is 6.92 Å². The van der Waals surface area contributed by atoms with Crippen LogP contribution in [0.1, 0.15) is 37.2 Å². The van der Waals surface area contributed by atoms with Crippen molar-refractivity contribution in [2.24, 2.45) is 0 Å². The molecule has 1 aromatic carbocycles. The second-order valence-corrected chi connectivity index (χ2v) is 7.89. The number of anilines is 1. The number of carbonyl (C=O) groups is 1. The highest BCUT2D eigenvalue weighted by Gasteiger charge is 2.50. The van der Waals surface area contributed by atoms with E-state index in [0.717, 1.165) is 17.9 Å². The van der Waals surface area contributed by atoms with Gasteiger partial charge in [0.2, 0.25) is 5.91 Å². The molecule has 3 heterocycles. The monoisotopic (exact) mass is 366 g/mol. The fourth-order valence-corrected chi connectivity index (χ4v) is 4.13. The number of nitrogens with zero attached hydrogens (tertiary/aromatic N) is 3. The van der Waals surface area contributed by atoms with Crippen LogP contribution in [0.5, 0.6) is 0 Å². The molecule has 1 saturated heterocycles. The van der Waals surface area contributed by atoms with Crippen LogP contribution in [0.15, 0.2) is 36.7 Å². The van der Waals surface area contributed by atoms with Gasteiger partial charge in [0.15, 0.2) is 0 Å². The van der Waals surface area contributed by atoms with Crippen molar-refractivity contribution in [1.82, 2.24) is 15.3 Å². The summed E-state index contributed by atoms with van der Waals surface area (Å²) in [4.78, 5) is 23.6. The van der Waals surface area contributed by atoms with Crippen molar-refractivity contribution >= 4 is 11.6 Å². The summed E-state index contributed by atoms with van der Waals surface area (Å²) in [6, 6.07) is 8.93. The van der Waals surface area contributed by atoms with Gasteiger partial charge in [-0.1, -0.05) is 18.2 Å². The van der Waals surface area contributed by atoms with Gasteiger partial charge in [0.1, 0.15) is 6.10 Å². The number of carbonyl (C=O) groups excluding carboxylic acids is 1. The Morgan fingerprint density at radius 2 is 2.15 bits per heavy atom. The molecule has 2 atom stereocenters. The third kappa shape index (κ3) is 3.30. The van der Waals surface area contributed by atoms with Gasteiger partial charge in [-0.2, -0.15) is 0 Å². The van der Waals surface area contributed by atoms with Gasteiger partial charge in [-0.3, -0.25) is 14.8 Å². The Labute approximate surface area is 160 Å². The number of hydrogen-bond acceptors (Lipinski definition) is 5. The van der Waals surface area contributed by atoms with E-state index in [1.165, 1.54) is 11.3 Å². The van der Waals surface area contributed by atoms with E-state index in [0.29, 0.717) is 25.6 Å². The largest absolute Gasteiger partial charge is 0.368 e. The highest BCUT2D eigenvalue weighted by atomic mass is 16.5. The average Bonchev–Trinajstić information content (AvgIpc) is 3.24. The molecule has 6 nitrogen and oxygen atoms in total. The van der Waals surface area contributed by atoms with Gasteiger partial charge in [-0.15, -0.1) is 0 Å². The smallest absolute Gasteiger partial charge is 0.249 e. The molecule has 0 saturated carbocycles. The zero-order valence-corrected chi connectivity index (χ0v) is 16.1. The highest BCUT2D eigenvalue weighted by molar-refractivity contribution is 5.81. The summed E-state index contributed by atoms with van der Waals surface area (Å²) in [7, 11) is 0. The number of aryl methyl sites for hydroxylation is 1. The summed E-state index contributed by atoms with van der Waals surface area (Å²) < 4.78 is 5.97. The Morgan fingerprint density at radius 3 is 2.89 bits per heavy atom. The molecule has 0 aliphatic carbocycles. The van der Waals surface area contributed by atoms with Gasteiger partial charge in [0.05, 0.1) is 30.7 Å². The fourth-order valence-electron chi connectivity index (χ4n) is 4.13. The molecular weight excluding hydrogens is 340 g/mol. The van der Waals surface area contributed by atoms with Crippen molar-refractivity contribution in [3.05, 3.63) is 53.6 Å². The predicted octanol–water partition coefficient (Wildman–Crippen LogP) is 2.36. The number of aromatic nitrogens is 2. The Balaban J connectivity index is 1.45. The van der Waals surface area contributed by atoms with Crippen LogP contribution in [-0.4, -0.2) is 41.2 Å². The first-order chi connectivity index (χ1) is 13.0. The molecule has 1 amide bonds. The molecule has 1 N–H and O–H groups in total. The molecule has 4 rings (SSSR count). The minimum atomic E-state index is -0.427. The molecule has 0 radical (unpaired) electrons. The second-order valence-electron chi connectivity index (χ2n) is 7.89. The third-order valence-electron chi connectivity index (χ3n) is 5.59. The van der Waals surface area contributed by atoms with Gasteiger partial charge in [-0.25, -0.2) is 0 Å². The molecule has 0 bridgehead atoms. The number of hydrogen-bond donors (Lipinski definition) is 1. The summed E-state index contributed by atoms with van der Waals surface area (Å²) in [6.07, 6.45) is 3.68. The molecule has 27 heavy (non-hydrogen) atoms. The normalized spacial score (nSPS) is 23.9. The van der Waals surface area contributed by atoms with Gasteiger partial charge >= 0.3 is 0 Å². The Bertz CT molecular complexity index is 836. The van der Waals surface area contributed by atoms with Crippen molar-refractivity contribution in [3.63, 3.8) is 0 Å². The molecule has 1 spiro atoms. The summed E-state index contributed by atoms with van der Waals surface area (Å²) >= 11 is 0. The van der Waals surface area contributed by atoms with Gasteiger partial charge in [-0.05, 0) is 38.8 Å². The van der Waals surface area contributed by atoms with Crippen LogP contribution < -0.4 is 10.2 Å². The SMILES string of the molecule is Cc1cnc(CNC(=O)[C@@H]2C[C@]3(CO2)CN(C(C)C)c2ccccc23)cn1. The number of amides is 1. The molecule has 2 aromatic rings. The van der Waals surface area contributed by atoms with E-state index in [1.54, 1.807) is 12.4 Å². The molecule has 2 aliphatic heterocycles. The lowest BCUT2D eigenvalue weighted by molar-refractivity contribution is -0.130. The van der Waals surface area contributed by atoms with Crippen molar-refractivity contribution in [3.8, 4) is 0 Å². The lowest BCUT2D eigenvalue weighted by Crippen LogP contribution is -2.39. The molecule has 1 aromatic heterocycles. The lowest BCUT2D eigenvalue weighted by atomic mass is 9.80. The molecule has 2 aliphatic rings. The zero-order chi connectivity index (χ0) is 19.0. The molecular formula is C21H26N4O2. The van der Waals surface area contributed by atoms with E-state index in [2.05, 4.69) is 58.3 Å². The Morgan fingerprint density at radius 1 is 1.33 bits per heavy atom. The quantitative estimate of drug-likeness (QED) is 0.900. The number of ether oxygens (including phenoxy) is 1. The predicted molar refractivity (Wildman–Crippen MR) is 104 cm³/mol. The fraction of sp³-hybridized carbons (Fsp3) is 0.476. The maximum atomic E-state index is 12.7. The summed E-state index contributed by atoms with van der Waals surface area (Å²) in [6.45, 7) is 8.15. The first-order valence-electron chi connectivity index (χ1n) is 9.51. The van der Waals surface area contributed by atoms with Crippen LogP contribution in [-0.2, 0) is 21.5 Å². The minimum absolute atomic E-state index is 0.0743. The van der Waals surface area contributed by atoms with Crippen LogP contribution in [0.25, 0.3) is 0 Å². The first-order valence-corrected chi connectivity index (χ1v) is 9.51. The van der Waals surface area contributed by atoms with Gasteiger partial charge < -0.3 is 15.0 Å². The number of fused-ring (bicyclic) bond motifs is 2. The Kier molecular flexibility index (Phi) is 4.60.